The number of fused-ring (bicyclic) bond motifs is 1. The zero-order chi connectivity index (χ0) is 23.9. The van der Waals surface area contributed by atoms with Gasteiger partial charge in [0.1, 0.15) is 23.9 Å². The fourth-order valence-corrected chi connectivity index (χ4v) is 3.97. The summed E-state index contributed by atoms with van der Waals surface area (Å²) in [5.41, 5.74) is 3.61. The van der Waals surface area contributed by atoms with E-state index in [2.05, 4.69) is 9.97 Å². The molecule has 0 saturated carbocycles. The number of nitrogens with zero attached hydrogens (tertiary/aromatic N) is 5. The lowest BCUT2D eigenvalue weighted by Gasteiger charge is -2.21. The van der Waals surface area contributed by atoms with Crippen LogP contribution in [0.15, 0.2) is 36.7 Å². The van der Waals surface area contributed by atoms with E-state index in [0.717, 1.165) is 41.9 Å². The largest absolute Gasteiger partial charge is 0.491 e. The third kappa shape index (κ3) is 5.66. The monoisotopic (exact) mass is 463 g/mol. The summed E-state index contributed by atoms with van der Waals surface area (Å²) < 4.78 is 15.8. The number of carbonyl (C=O) groups excluding carboxylic acids is 1. The SMILES string of the molecule is COCCOc1ccnc(-c2nc3c(c(N(C)CC(=O)Cc4ccc(OC)nc4)n2)CCC3)c1. The van der Waals surface area contributed by atoms with Crippen LogP contribution in [0.1, 0.15) is 23.2 Å². The van der Waals surface area contributed by atoms with Gasteiger partial charge in [-0.2, -0.15) is 0 Å². The van der Waals surface area contributed by atoms with Gasteiger partial charge in [-0.25, -0.2) is 15.0 Å². The zero-order valence-electron chi connectivity index (χ0n) is 19.8. The Labute approximate surface area is 199 Å². The number of likely N-dealkylation sites (N-methyl/N-ethyl adjacent to an activating group) is 1. The quantitative estimate of drug-likeness (QED) is 0.397. The maximum absolute atomic E-state index is 12.8. The molecule has 178 valence electrons. The van der Waals surface area contributed by atoms with Crippen molar-refractivity contribution in [3.63, 3.8) is 0 Å². The van der Waals surface area contributed by atoms with Gasteiger partial charge < -0.3 is 19.1 Å². The first kappa shape index (κ1) is 23.6. The van der Waals surface area contributed by atoms with Gasteiger partial charge in [-0.05, 0) is 30.9 Å². The summed E-state index contributed by atoms with van der Waals surface area (Å²) in [6.45, 7) is 1.19. The second-order valence-corrected chi connectivity index (χ2v) is 8.15. The summed E-state index contributed by atoms with van der Waals surface area (Å²) in [6.07, 6.45) is 6.46. The Morgan fingerprint density at radius 3 is 2.74 bits per heavy atom. The molecule has 0 radical (unpaired) electrons. The standard InChI is InChI=1S/C25H29N5O4/c1-30(16-18(31)13-17-7-8-23(33-3)27-15-17)25-20-5-4-6-21(20)28-24(29-25)22-14-19(9-10-26-22)34-12-11-32-2/h7-10,14-15H,4-6,11-13,16H2,1-3H3. The van der Waals surface area contributed by atoms with Crippen LogP contribution in [0.4, 0.5) is 5.82 Å². The first-order valence-electron chi connectivity index (χ1n) is 11.3. The molecule has 34 heavy (non-hydrogen) atoms. The highest BCUT2D eigenvalue weighted by molar-refractivity contribution is 5.85. The van der Waals surface area contributed by atoms with Crippen molar-refractivity contribution in [2.45, 2.75) is 25.7 Å². The van der Waals surface area contributed by atoms with Crippen molar-refractivity contribution in [1.29, 1.82) is 0 Å². The molecule has 0 bridgehead atoms. The second-order valence-electron chi connectivity index (χ2n) is 8.15. The minimum Gasteiger partial charge on any atom is -0.491 e. The van der Waals surface area contributed by atoms with Crippen molar-refractivity contribution in [1.82, 2.24) is 19.9 Å². The average Bonchev–Trinajstić information content (AvgIpc) is 3.33. The molecule has 0 aromatic carbocycles. The van der Waals surface area contributed by atoms with Gasteiger partial charge in [-0.1, -0.05) is 6.07 Å². The summed E-state index contributed by atoms with van der Waals surface area (Å²) in [7, 11) is 5.10. The summed E-state index contributed by atoms with van der Waals surface area (Å²) in [5.74, 6) is 2.61. The van der Waals surface area contributed by atoms with Crippen LogP contribution >= 0.6 is 0 Å². The summed E-state index contributed by atoms with van der Waals surface area (Å²) >= 11 is 0. The molecule has 3 heterocycles. The van der Waals surface area contributed by atoms with Crippen molar-refractivity contribution < 1.29 is 19.0 Å². The van der Waals surface area contributed by atoms with Crippen molar-refractivity contribution in [3.8, 4) is 23.1 Å². The van der Waals surface area contributed by atoms with Crippen LogP contribution in [0.2, 0.25) is 0 Å². The number of rotatable bonds is 11. The maximum atomic E-state index is 12.8. The molecule has 0 N–H and O–H groups in total. The lowest BCUT2D eigenvalue weighted by atomic mass is 10.1. The molecule has 0 spiro atoms. The third-order valence-corrected chi connectivity index (χ3v) is 5.61. The summed E-state index contributed by atoms with van der Waals surface area (Å²) in [6, 6.07) is 7.25. The van der Waals surface area contributed by atoms with Gasteiger partial charge in [-0.3, -0.25) is 9.78 Å². The Bertz CT molecular complexity index is 1140. The number of anilines is 1. The van der Waals surface area contributed by atoms with Crippen LogP contribution < -0.4 is 14.4 Å². The molecule has 1 aliphatic rings. The van der Waals surface area contributed by atoms with Crippen molar-refractivity contribution >= 4 is 11.6 Å². The fourth-order valence-electron chi connectivity index (χ4n) is 3.97. The molecule has 9 nitrogen and oxygen atoms in total. The number of Topliss-reactive ketones (excluding diaryl/α,β-unsaturated/α-hetero) is 1. The Balaban J connectivity index is 1.52. The zero-order valence-corrected chi connectivity index (χ0v) is 19.8. The van der Waals surface area contributed by atoms with Crippen LogP contribution in [-0.2, 0) is 28.8 Å². The lowest BCUT2D eigenvalue weighted by Crippen LogP contribution is -2.28. The molecule has 3 aromatic rings. The van der Waals surface area contributed by atoms with E-state index in [1.54, 1.807) is 38.7 Å². The van der Waals surface area contributed by atoms with Gasteiger partial charge in [0, 0.05) is 56.4 Å². The number of hydrogen-bond acceptors (Lipinski definition) is 9. The van der Waals surface area contributed by atoms with Crippen molar-refractivity contribution in [2.24, 2.45) is 0 Å². The van der Waals surface area contributed by atoms with Crippen LogP contribution in [-0.4, -0.2) is 66.7 Å². The molecule has 0 amide bonds. The Kier molecular flexibility index (Phi) is 7.64. The smallest absolute Gasteiger partial charge is 0.212 e. The van der Waals surface area contributed by atoms with E-state index in [0.29, 0.717) is 42.8 Å². The van der Waals surface area contributed by atoms with Crippen LogP contribution in [0, 0.1) is 0 Å². The normalized spacial score (nSPS) is 12.3. The Morgan fingerprint density at radius 2 is 1.97 bits per heavy atom. The van der Waals surface area contributed by atoms with Gasteiger partial charge in [0.25, 0.3) is 0 Å². The van der Waals surface area contributed by atoms with Gasteiger partial charge in [0.05, 0.1) is 20.3 Å². The number of aromatic nitrogens is 4. The highest BCUT2D eigenvalue weighted by Gasteiger charge is 2.23. The average molecular weight is 464 g/mol. The second kappa shape index (κ2) is 11.0. The molecule has 4 rings (SSSR count). The maximum Gasteiger partial charge on any atom is 0.212 e. The van der Waals surface area contributed by atoms with E-state index < -0.39 is 0 Å². The number of hydrogen-bond donors (Lipinski definition) is 0. The highest BCUT2D eigenvalue weighted by Crippen LogP contribution is 2.31. The van der Waals surface area contributed by atoms with E-state index in [4.69, 9.17) is 24.2 Å². The summed E-state index contributed by atoms with van der Waals surface area (Å²) in [5, 5.41) is 0. The molecule has 3 aromatic heterocycles. The minimum atomic E-state index is 0.0769. The number of aryl methyl sites for hydroxylation is 1. The van der Waals surface area contributed by atoms with Gasteiger partial charge in [-0.15, -0.1) is 0 Å². The van der Waals surface area contributed by atoms with Gasteiger partial charge >= 0.3 is 0 Å². The number of methoxy groups -OCH3 is 2. The van der Waals surface area contributed by atoms with E-state index >= 15 is 0 Å². The number of ketones is 1. The van der Waals surface area contributed by atoms with Crippen LogP contribution in [0.5, 0.6) is 11.6 Å². The van der Waals surface area contributed by atoms with E-state index in [9.17, 15) is 4.79 Å². The summed E-state index contributed by atoms with van der Waals surface area (Å²) in [4.78, 5) is 32.9. The van der Waals surface area contributed by atoms with Crippen LogP contribution in [0.3, 0.4) is 0 Å². The molecule has 0 fully saturated rings. The molecular weight excluding hydrogens is 434 g/mol. The molecule has 0 unspecified atom stereocenters. The minimum absolute atomic E-state index is 0.0769. The molecule has 1 aliphatic carbocycles. The topological polar surface area (TPSA) is 99.6 Å². The van der Waals surface area contributed by atoms with Gasteiger partial charge in [0.15, 0.2) is 11.6 Å². The molecule has 0 saturated heterocycles. The predicted molar refractivity (Wildman–Crippen MR) is 127 cm³/mol. The fraction of sp³-hybridized carbons (Fsp3) is 0.400. The van der Waals surface area contributed by atoms with Crippen molar-refractivity contribution in [3.05, 3.63) is 53.5 Å². The molecule has 0 atom stereocenters. The van der Waals surface area contributed by atoms with E-state index in [1.165, 1.54) is 0 Å². The lowest BCUT2D eigenvalue weighted by molar-refractivity contribution is -0.117. The van der Waals surface area contributed by atoms with Crippen molar-refractivity contribution in [2.75, 3.05) is 45.9 Å². The van der Waals surface area contributed by atoms with E-state index in [1.807, 2.05) is 24.1 Å². The first-order chi connectivity index (χ1) is 16.6. The number of ether oxygens (including phenoxy) is 3. The van der Waals surface area contributed by atoms with E-state index in [-0.39, 0.29) is 12.3 Å². The Morgan fingerprint density at radius 1 is 1.09 bits per heavy atom. The first-order valence-corrected chi connectivity index (χ1v) is 11.3. The van der Waals surface area contributed by atoms with Crippen LogP contribution in [0.25, 0.3) is 11.5 Å². The Hall–Kier alpha value is -3.59. The highest BCUT2D eigenvalue weighted by atomic mass is 16.5. The number of carbonyl (C=O) groups is 1. The predicted octanol–water partition coefficient (Wildman–Crippen LogP) is 2.70. The third-order valence-electron chi connectivity index (χ3n) is 5.61. The molecule has 0 aliphatic heterocycles. The molecular formula is C25H29N5O4. The van der Waals surface area contributed by atoms with Gasteiger partial charge in [0.2, 0.25) is 5.88 Å². The number of pyridine rings is 2. The molecule has 9 heteroatoms.